The largest absolute Gasteiger partial charge is 0.504 e. The second kappa shape index (κ2) is 13.0. The van der Waals surface area contributed by atoms with E-state index in [2.05, 4.69) is 10.6 Å². The van der Waals surface area contributed by atoms with Crippen LogP contribution in [0.5, 0.6) is 23.0 Å². The number of hydrogen-bond acceptors (Lipinski definition) is 10. The maximum atomic E-state index is 14.3. The van der Waals surface area contributed by atoms with Gasteiger partial charge in [-0.25, -0.2) is 13.6 Å². The number of halogens is 2. The first kappa shape index (κ1) is 32.9. The van der Waals surface area contributed by atoms with E-state index in [1.54, 1.807) is 11.8 Å². The summed E-state index contributed by atoms with van der Waals surface area (Å²) in [6.45, 7) is 2.82. The Hall–Kier alpha value is -4.96. The normalized spacial score (nSPS) is 19.7. The monoisotopic (exact) mass is 634 g/mol. The molecule has 14 nitrogen and oxygen atoms in total. The summed E-state index contributed by atoms with van der Waals surface area (Å²) in [5.74, 6) is -11.4. The number of phenolic OH excluding ortho intramolecular Hbond substituents is 4. The lowest BCUT2D eigenvalue weighted by Crippen LogP contribution is -2.63. The van der Waals surface area contributed by atoms with Crippen molar-refractivity contribution in [2.75, 3.05) is 32.7 Å². The molecule has 242 valence electrons. The van der Waals surface area contributed by atoms with Crippen LogP contribution in [0.3, 0.4) is 0 Å². The summed E-state index contributed by atoms with van der Waals surface area (Å²) < 4.78 is 28.6. The minimum absolute atomic E-state index is 0.00319. The molecule has 45 heavy (non-hydrogen) atoms. The average Bonchev–Trinajstić information content (AvgIpc) is 3.21. The molecule has 2 heterocycles. The number of benzene rings is 2. The molecule has 1 saturated heterocycles. The number of phenols is 4. The number of fused-ring (bicyclic) bond motifs is 1. The van der Waals surface area contributed by atoms with Gasteiger partial charge in [0.25, 0.3) is 11.8 Å². The quantitative estimate of drug-likeness (QED) is 0.118. The van der Waals surface area contributed by atoms with Crippen molar-refractivity contribution < 1.29 is 58.6 Å². The highest BCUT2D eigenvalue weighted by Crippen LogP contribution is 2.47. The van der Waals surface area contributed by atoms with E-state index in [4.69, 9.17) is 0 Å². The van der Waals surface area contributed by atoms with Gasteiger partial charge in [0.2, 0.25) is 5.91 Å². The van der Waals surface area contributed by atoms with Crippen LogP contribution in [0.15, 0.2) is 35.5 Å². The van der Waals surface area contributed by atoms with Crippen molar-refractivity contribution in [3.63, 3.8) is 0 Å². The van der Waals surface area contributed by atoms with Gasteiger partial charge in [0.05, 0.1) is 29.2 Å². The van der Waals surface area contributed by atoms with E-state index < -0.39 is 93.4 Å². The van der Waals surface area contributed by atoms with Crippen molar-refractivity contribution in [2.24, 2.45) is 11.8 Å². The van der Waals surface area contributed by atoms with Crippen LogP contribution in [0, 0.1) is 23.5 Å². The van der Waals surface area contributed by atoms with Crippen LogP contribution >= 0.6 is 0 Å². The smallest absolute Gasteiger partial charge is 0.352 e. The fourth-order valence-electron chi connectivity index (χ4n) is 5.67. The number of carbonyl (C=O) groups is 4. The first-order valence-electron chi connectivity index (χ1n) is 13.8. The number of nitrogens with one attached hydrogen (secondary N) is 2. The summed E-state index contributed by atoms with van der Waals surface area (Å²) in [6, 6.07) is 3.22. The molecule has 4 atom stereocenters. The number of carbonyl (C=O) groups excluding carboxylic acids is 3. The lowest BCUT2D eigenvalue weighted by Gasteiger charge is -2.46. The molecule has 0 aliphatic carbocycles. The van der Waals surface area contributed by atoms with Crippen molar-refractivity contribution in [2.45, 2.75) is 26.0 Å². The van der Waals surface area contributed by atoms with Crippen LogP contribution < -0.4 is 10.6 Å². The Morgan fingerprint density at radius 1 is 0.911 bits per heavy atom. The number of nitrogens with zero attached hydrogens (tertiary/aromatic N) is 2. The average molecular weight is 635 g/mol. The number of carboxylic acids is 1. The molecule has 4 rings (SSSR count). The molecule has 0 spiro atoms. The molecule has 0 radical (unpaired) electrons. The molecule has 0 aromatic heterocycles. The second-order valence-electron chi connectivity index (χ2n) is 10.8. The highest BCUT2D eigenvalue weighted by atomic mass is 19.1. The maximum absolute atomic E-state index is 14.3. The maximum Gasteiger partial charge on any atom is 0.352 e. The molecular weight excluding hydrogens is 602 g/mol. The number of amides is 3. The molecule has 2 aliphatic rings. The third kappa shape index (κ3) is 6.19. The van der Waals surface area contributed by atoms with E-state index in [0.717, 1.165) is 29.2 Å². The number of aliphatic carboxylic acids is 1. The predicted octanol–water partition coefficient (Wildman–Crippen LogP) is 0.445. The van der Waals surface area contributed by atoms with Gasteiger partial charge in [0.1, 0.15) is 5.70 Å². The van der Waals surface area contributed by atoms with Crippen molar-refractivity contribution in [3.05, 3.63) is 58.3 Å². The highest BCUT2D eigenvalue weighted by molar-refractivity contribution is 6.00. The highest BCUT2D eigenvalue weighted by Gasteiger charge is 2.59. The van der Waals surface area contributed by atoms with E-state index in [9.17, 15) is 58.6 Å². The zero-order chi connectivity index (χ0) is 33.3. The Bertz CT molecular complexity index is 1510. The van der Waals surface area contributed by atoms with E-state index in [1.165, 1.54) is 6.92 Å². The number of aromatic hydroxyl groups is 4. The van der Waals surface area contributed by atoms with Gasteiger partial charge in [-0.2, -0.15) is 0 Å². The SMILES string of the molecule is CC(O)[C@H]1C(=O)N2C(C(=O)O)=C(CN(CCNC(=O)c3ccc(O)c(O)c3F)CCNC(=O)c3ccc(O)c(O)c3F)[C@H](C)[C@H]12. The number of hydrogen-bond donors (Lipinski definition) is 8. The molecule has 16 heteroatoms. The molecule has 1 fully saturated rings. The fraction of sp³-hybridized carbons (Fsp3) is 0.379. The first-order valence-corrected chi connectivity index (χ1v) is 13.8. The van der Waals surface area contributed by atoms with Crippen LogP contribution in [0.1, 0.15) is 34.6 Å². The summed E-state index contributed by atoms with van der Waals surface area (Å²) in [5, 5.41) is 63.0. The van der Waals surface area contributed by atoms with Gasteiger partial charge in [0, 0.05) is 38.6 Å². The molecule has 1 unspecified atom stereocenters. The zero-order valence-electron chi connectivity index (χ0n) is 24.1. The minimum Gasteiger partial charge on any atom is -0.504 e. The van der Waals surface area contributed by atoms with Gasteiger partial charge < -0.3 is 46.2 Å². The first-order chi connectivity index (χ1) is 21.2. The van der Waals surface area contributed by atoms with Gasteiger partial charge in [-0.15, -0.1) is 0 Å². The van der Waals surface area contributed by atoms with Gasteiger partial charge in [-0.3, -0.25) is 19.3 Å². The third-order valence-electron chi connectivity index (χ3n) is 8.02. The summed E-state index contributed by atoms with van der Waals surface area (Å²) in [6.07, 6.45) is -1.02. The number of aliphatic hydroxyl groups is 1. The standard InChI is InChI=1S/C29H32F2N4O10/c1-12-16(23(29(44)45)35-22(12)19(13(2)36)28(35)43)11-34(9-7-32-26(41)14-3-5-17(37)24(39)20(14)30)10-8-33-27(42)15-4-6-18(38)25(40)21(15)31/h3-6,12-13,19,22,36-40H,7-11H2,1-2H3,(H,32,41)(H,33,42)(H,44,45)/t12-,13?,19+,22+/m0/s1. The minimum atomic E-state index is -1.36. The summed E-state index contributed by atoms with van der Waals surface area (Å²) >= 11 is 0. The molecule has 8 N–H and O–H groups in total. The summed E-state index contributed by atoms with van der Waals surface area (Å²) in [4.78, 5) is 52.9. The Labute approximate surface area is 254 Å². The molecular formula is C29H32F2N4O10. The van der Waals surface area contributed by atoms with Crippen LogP contribution in [-0.2, 0) is 9.59 Å². The van der Waals surface area contributed by atoms with E-state index >= 15 is 0 Å². The Balaban J connectivity index is 1.51. The Kier molecular flexibility index (Phi) is 9.48. The van der Waals surface area contributed by atoms with Crippen molar-refractivity contribution in [1.82, 2.24) is 20.4 Å². The van der Waals surface area contributed by atoms with Crippen LogP contribution in [0.2, 0.25) is 0 Å². The Morgan fingerprint density at radius 3 is 1.80 bits per heavy atom. The predicted molar refractivity (Wildman–Crippen MR) is 150 cm³/mol. The van der Waals surface area contributed by atoms with Crippen LogP contribution in [0.4, 0.5) is 8.78 Å². The summed E-state index contributed by atoms with van der Waals surface area (Å²) in [7, 11) is 0. The van der Waals surface area contributed by atoms with Gasteiger partial charge in [0.15, 0.2) is 34.6 Å². The lowest BCUT2D eigenvalue weighted by molar-refractivity contribution is -0.163. The molecule has 3 amide bonds. The summed E-state index contributed by atoms with van der Waals surface area (Å²) in [5.41, 5.74) is -0.979. The topological polar surface area (TPSA) is 220 Å². The van der Waals surface area contributed by atoms with Gasteiger partial charge in [-0.05, 0) is 36.8 Å². The number of rotatable bonds is 12. The third-order valence-corrected chi connectivity index (χ3v) is 8.02. The van der Waals surface area contributed by atoms with Gasteiger partial charge in [-0.1, -0.05) is 6.92 Å². The number of aliphatic hydroxyl groups excluding tert-OH is 1. The van der Waals surface area contributed by atoms with Gasteiger partial charge >= 0.3 is 5.97 Å². The fourth-order valence-corrected chi connectivity index (χ4v) is 5.67. The number of β-lactam (4-membered cyclic amide) rings is 1. The molecule has 2 aromatic carbocycles. The zero-order valence-corrected chi connectivity index (χ0v) is 24.1. The van der Waals surface area contributed by atoms with Crippen LogP contribution in [0.25, 0.3) is 0 Å². The lowest BCUT2D eigenvalue weighted by atomic mass is 9.77. The van der Waals surface area contributed by atoms with E-state index in [1.807, 2.05) is 0 Å². The Morgan fingerprint density at radius 2 is 1.38 bits per heavy atom. The second-order valence-corrected chi connectivity index (χ2v) is 10.8. The molecule has 0 bridgehead atoms. The van der Waals surface area contributed by atoms with E-state index in [0.29, 0.717) is 5.57 Å². The number of carboxylic acid groups (broad SMARTS) is 1. The molecule has 0 saturated carbocycles. The molecule has 2 aromatic rings. The van der Waals surface area contributed by atoms with Crippen LogP contribution in [-0.4, -0.2) is 109 Å². The van der Waals surface area contributed by atoms with E-state index in [-0.39, 0.29) is 38.4 Å². The van der Waals surface area contributed by atoms with Crippen molar-refractivity contribution >= 4 is 23.7 Å². The van der Waals surface area contributed by atoms with Crippen molar-refractivity contribution in [1.29, 1.82) is 0 Å². The molecule has 2 aliphatic heterocycles. The van der Waals surface area contributed by atoms with Crippen molar-refractivity contribution in [3.8, 4) is 23.0 Å².